The summed E-state index contributed by atoms with van der Waals surface area (Å²) in [5.41, 5.74) is 0. The number of likely N-dealkylation sites (tertiary alicyclic amines) is 1. The van der Waals surface area contributed by atoms with E-state index in [1.54, 1.807) is 0 Å². The van der Waals surface area contributed by atoms with Gasteiger partial charge in [-0.1, -0.05) is 0 Å². The summed E-state index contributed by atoms with van der Waals surface area (Å²) in [6, 6.07) is 0.963. The summed E-state index contributed by atoms with van der Waals surface area (Å²) >= 11 is 0. The number of ether oxygens (including phenoxy) is 1. The summed E-state index contributed by atoms with van der Waals surface area (Å²) < 4.78 is 7.71. The van der Waals surface area contributed by atoms with Gasteiger partial charge in [0, 0.05) is 18.7 Å². The quantitative estimate of drug-likeness (QED) is 0.775. The van der Waals surface area contributed by atoms with Crippen molar-refractivity contribution in [2.45, 2.75) is 52.2 Å². The van der Waals surface area contributed by atoms with E-state index in [-0.39, 0.29) is 0 Å². The van der Waals surface area contributed by atoms with Crippen molar-refractivity contribution in [2.75, 3.05) is 19.8 Å². The molecule has 0 radical (unpaired) electrons. The van der Waals surface area contributed by atoms with E-state index in [9.17, 15) is 0 Å². The molecule has 0 saturated carbocycles. The molecule has 18 heavy (non-hydrogen) atoms. The fourth-order valence-corrected chi connectivity index (χ4v) is 2.54. The van der Waals surface area contributed by atoms with Gasteiger partial charge in [-0.05, 0) is 40.2 Å². The van der Waals surface area contributed by atoms with Crippen LogP contribution < -0.4 is 0 Å². The van der Waals surface area contributed by atoms with Crippen molar-refractivity contribution in [1.29, 1.82) is 0 Å². The van der Waals surface area contributed by atoms with Gasteiger partial charge in [-0.3, -0.25) is 4.90 Å². The summed E-state index contributed by atoms with van der Waals surface area (Å²) in [6.07, 6.45) is 4.32. The van der Waals surface area contributed by atoms with Crippen molar-refractivity contribution in [2.24, 2.45) is 0 Å². The zero-order chi connectivity index (χ0) is 13.0. The molecule has 5 nitrogen and oxygen atoms in total. The molecule has 0 bridgehead atoms. The molecule has 0 aliphatic carbocycles. The van der Waals surface area contributed by atoms with Crippen LogP contribution in [0.4, 0.5) is 0 Å². The second kappa shape index (κ2) is 6.29. The molecule has 1 unspecified atom stereocenters. The molecule has 102 valence electrons. The third-order valence-electron chi connectivity index (χ3n) is 3.56. The van der Waals surface area contributed by atoms with E-state index in [1.807, 2.05) is 6.33 Å². The van der Waals surface area contributed by atoms with Gasteiger partial charge < -0.3 is 9.30 Å². The summed E-state index contributed by atoms with van der Waals surface area (Å²) in [5.74, 6) is 1.06. The van der Waals surface area contributed by atoms with Crippen LogP contribution in [0.2, 0.25) is 0 Å². The van der Waals surface area contributed by atoms with Crippen LogP contribution in [0.15, 0.2) is 6.33 Å². The number of rotatable bonds is 6. The molecule has 0 amide bonds. The van der Waals surface area contributed by atoms with E-state index < -0.39 is 0 Å². The Morgan fingerprint density at radius 3 is 3.06 bits per heavy atom. The third-order valence-corrected chi connectivity index (χ3v) is 3.56. The van der Waals surface area contributed by atoms with Gasteiger partial charge in [0.05, 0.1) is 13.2 Å². The number of nitrogens with zero attached hydrogens (tertiary/aromatic N) is 4. The molecule has 1 atom stereocenters. The first-order valence-corrected chi connectivity index (χ1v) is 6.92. The van der Waals surface area contributed by atoms with Crippen LogP contribution in [-0.4, -0.2) is 45.5 Å². The monoisotopic (exact) mass is 252 g/mol. The summed E-state index contributed by atoms with van der Waals surface area (Å²) in [7, 11) is 0. The van der Waals surface area contributed by atoms with Crippen LogP contribution >= 0.6 is 0 Å². The Hall–Kier alpha value is -0.940. The largest absolute Gasteiger partial charge is 0.380 e. The Morgan fingerprint density at radius 2 is 2.33 bits per heavy atom. The first kappa shape index (κ1) is 13.5. The Balaban J connectivity index is 1.97. The van der Waals surface area contributed by atoms with Crippen molar-refractivity contribution in [1.82, 2.24) is 19.7 Å². The number of aromatic nitrogens is 3. The van der Waals surface area contributed by atoms with Crippen LogP contribution in [0, 0.1) is 0 Å². The van der Waals surface area contributed by atoms with Crippen LogP contribution in [0.1, 0.15) is 45.5 Å². The van der Waals surface area contributed by atoms with E-state index in [0.29, 0.717) is 12.1 Å². The smallest absolute Gasteiger partial charge is 0.147 e. The molecule has 1 aromatic heterocycles. The fraction of sp³-hybridized carbons (Fsp3) is 0.846. The zero-order valence-corrected chi connectivity index (χ0v) is 11.7. The SMILES string of the molecule is CCOCC1CCCN1Cc1nncn1C(C)C. The van der Waals surface area contributed by atoms with E-state index in [1.165, 1.54) is 12.8 Å². The Bertz CT molecular complexity index is 364. The molecule has 0 N–H and O–H groups in total. The maximum absolute atomic E-state index is 5.56. The summed E-state index contributed by atoms with van der Waals surface area (Å²) in [6.45, 7) is 10.0. The highest BCUT2D eigenvalue weighted by Gasteiger charge is 2.26. The third kappa shape index (κ3) is 3.09. The Morgan fingerprint density at radius 1 is 1.50 bits per heavy atom. The van der Waals surface area contributed by atoms with Gasteiger partial charge in [0.2, 0.25) is 0 Å². The first-order chi connectivity index (χ1) is 8.72. The maximum Gasteiger partial charge on any atom is 0.147 e. The second-order valence-electron chi connectivity index (χ2n) is 5.17. The average Bonchev–Trinajstić information content (AvgIpc) is 2.96. The summed E-state index contributed by atoms with van der Waals surface area (Å²) in [5, 5.41) is 8.27. The van der Waals surface area contributed by atoms with Gasteiger partial charge in [-0.2, -0.15) is 0 Å². The molecular formula is C13H24N4O. The minimum Gasteiger partial charge on any atom is -0.380 e. The maximum atomic E-state index is 5.56. The number of hydrogen-bond donors (Lipinski definition) is 0. The molecule has 1 aromatic rings. The lowest BCUT2D eigenvalue weighted by Gasteiger charge is -2.24. The number of hydrogen-bond acceptors (Lipinski definition) is 4. The van der Waals surface area contributed by atoms with Crippen molar-refractivity contribution in [3.63, 3.8) is 0 Å². The molecule has 2 rings (SSSR count). The summed E-state index contributed by atoms with van der Waals surface area (Å²) in [4.78, 5) is 2.47. The molecule has 0 spiro atoms. The van der Waals surface area contributed by atoms with Crippen LogP contribution in [0.5, 0.6) is 0 Å². The Kier molecular flexibility index (Phi) is 4.72. The zero-order valence-electron chi connectivity index (χ0n) is 11.7. The van der Waals surface area contributed by atoms with Gasteiger partial charge in [-0.25, -0.2) is 0 Å². The lowest BCUT2D eigenvalue weighted by Crippen LogP contribution is -2.33. The van der Waals surface area contributed by atoms with E-state index >= 15 is 0 Å². The normalized spacial score (nSPS) is 21.0. The van der Waals surface area contributed by atoms with Gasteiger partial charge in [0.25, 0.3) is 0 Å². The Labute approximate surface area is 109 Å². The van der Waals surface area contributed by atoms with Gasteiger partial charge in [-0.15, -0.1) is 10.2 Å². The van der Waals surface area contributed by atoms with Gasteiger partial charge in [0.1, 0.15) is 12.2 Å². The predicted molar refractivity (Wildman–Crippen MR) is 70.3 cm³/mol. The molecule has 0 aromatic carbocycles. The van der Waals surface area contributed by atoms with Gasteiger partial charge >= 0.3 is 0 Å². The highest BCUT2D eigenvalue weighted by Crippen LogP contribution is 2.20. The predicted octanol–water partition coefficient (Wildman–Crippen LogP) is 1.86. The standard InChI is InChI=1S/C13H24N4O/c1-4-18-9-12-6-5-7-16(12)8-13-15-14-10-17(13)11(2)3/h10-12H,4-9H2,1-3H3. The molecule has 1 saturated heterocycles. The van der Waals surface area contributed by atoms with Crippen LogP contribution in [0.3, 0.4) is 0 Å². The first-order valence-electron chi connectivity index (χ1n) is 6.92. The molecule has 1 fully saturated rings. The molecule has 1 aliphatic rings. The topological polar surface area (TPSA) is 43.2 Å². The van der Waals surface area contributed by atoms with E-state index in [2.05, 4.69) is 40.4 Å². The minimum atomic E-state index is 0.419. The van der Waals surface area contributed by atoms with Gasteiger partial charge in [0.15, 0.2) is 0 Å². The highest BCUT2D eigenvalue weighted by atomic mass is 16.5. The molecular weight excluding hydrogens is 228 g/mol. The minimum absolute atomic E-state index is 0.419. The van der Waals surface area contributed by atoms with Crippen LogP contribution in [-0.2, 0) is 11.3 Å². The second-order valence-corrected chi connectivity index (χ2v) is 5.17. The lowest BCUT2D eigenvalue weighted by molar-refractivity contribution is 0.0807. The molecule has 5 heteroatoms. The van der Waals surface area contributed by atoms with Crippen molar-refractivity contribution in [3.05, 3.63) is 12.2 Å². The highest BCUT2D eigenvalue weighted by molar-refractivity contribution is 4.91. The van der Waals surface area contributed by atoms with Crippen molar-refractivity contribution in [3.8, 4) is 0 Å². The van der Waals surface area contributed by atoms with Crippen LogP contribution in [0.25, 0.3) is 0 Å². The van der Waals surface area contributed by atoms with Crippen molar-refractivity contribution < 1.29 is 4.74 Å². The van der Waals surface area contributed by atoms with E-state index in [0.717, 1.165) is 32.1 Å². The van der Waals surface area contributed by atoms with Crippen molar-refractivity contribution >= 4 is 0 Å². The van der Waals surface area contributed by atoms with E-state index in [4.69, 9.17) is 4.74 Å². The molecule has 2 heterocycles. The fourth-order valence-electron chi connectivity index (χ4n) is 2.54. The molecule has 1 aliphatic heterocycles. The average molecular weight is 252 g/mol. The lowest BCUT2D eigenvalue weighted by atomic mass is 10.2.